The summed E-state index contributed by atoms with van der Waals surface area (Å²) in [7, 11) is 0. The molecule has 0 aliphatic carbocycles. The Morgan fingerprint density at radius 2 is 2.14 bits per heavy atom. The van der Waals surface area contributed by atoms with E-state index in [9.17, 15) is 0 Å². The lowest BCUT2D eigenvalue weighted by molar-refractivity contribution is 0.356. The monoisotopic (exact) mass is 364 g/mol. The Bertz CT molecular complexity index is 635. The summed E-state index contributed by atoms with van der Waals surface area (Å²) in [5.41, 5.74) is 5.41. The smallest absolute Gasteiger partial charge is 0.122 e. The molecule has 0 saturated heterocycles. The summed E-state index contributed by atoms with van der Waals surface area (Å²) < 4.78 is 6.67. The molecule has 1 aliphatic rings. The molecular formula is C16H17BrN2OS. The molecule has 2 aromatic rings. The third-order valence-corrected chi connectivity index (χ3v) is 5.68. The molecule has 3 nitrogen and oxygen atoms in total. The van der Waals surface area contributed by atoms with Crippen molar-refractivity contribution >= 4 is 27.7 Å². The van der Waals surface area contributed by atoms with Gasteiger partial charge in [-0.15, -0.1) is 11.8 Å². The van der Waals surface area contributed by atoms with Gasteiger partial charge in [-0.3, -0.25) is 11.3 Å². The first-order valence-corrected chi connectivity index (χ1v) is 8.65. The molecule has 1 aliphatic heterocycles. The van der Waals surface area contributed by atoms with Crippen LogP contribution in [0, 0.1) is 0 Å². The Kier molecular flexibility index (Phi) is 4.85. The first-order valence-electron chi connectivity index (χ1n) is 6.87. The second kappa shape index (κ2) is 6.83. The SMILES string of the molecule is NNC(CSc1ccccc1Br)c1ccc2c(c1)CCO2. The number of nitrogens with two attached hydrogens (primary N) is 1. The second-order valence-corrected chi connectivity index (χ2v) is 6.84. The van der Waals surface area contributed by atoms with Gasteiger partial charge in [0.2, 0.25) is 0 Å². The zero-order valence-corrected chi connectivity index (χ0v) is 13.9. The van der Waals surface area contributed by atoms with Crippen LogP contribution in [0.4, 0.5) is 0 Å². The number of fused-ring (bicyclic) bond motifs is 1. The Labute approximate surface area is 137 Å². The molecule has 21 heavy (non-hydrogen) atoms. The fraction of sp³-hybridized carbons (Fsp3) is 0.250. The average Bonchev–Trinajstić information content (AvgIpc) is 2.97. The van der Waals surface area contributed by atoms with E-state index in [4.69, 9.17) is 10.6 Å². The van der Waals surface area contributed by atoms with Crippen molar-refractivity contribution in [2.45, 2.75) is 17.4 Å². The van der Waals surface area contributed by atoms with Crippen LogP contribution in [0.2, 0.25) is 0 Å². The van der Waals surface area contributed by atoms with Crippen molar-refractivity contribution in [3.63, 3.8) is 0 Å². The summed E-state index contributed by atoms with van der Waals surface area (Å²) in [6.07, 6.45) is 0.984. The van der Waals surface area contributed by atoms with Gasteiger partial charge in [0.15, 0.2) is 0 Å². The first-order chi connectivity index (χ1) is 10.3. The zero-order chi connectivity index (χ0) is 14.7. The Morgan fingerprint density at radius 1 is 1.29 bits per heavy atom. The number of ether oxygens (including phenoxy) is 1. The molecule has 110 valence electrons. The van der Waals surface area contributed by atoms with E-state index in [1.165, 1.54) is 16.0 Å². The third kappa shape index (κ3) is 3.43. The number of nitrogens with one attached hydrogen (secondary N) is 1. The quantitative estimate of drug-likeness (QED) is 0.482. The summed E-state index contributed by atoms with van der Waals surface area (Å²) in [6.45, 7) is 0.783. The van der Waals surface area contributed by atoms with Gasteiger partial charge in [-0.1, -0.05) is 24.3 Å². The van der Waals surface area contributed by atoms with E-state index < -0.39 is 0 Å². The van der Waals surface area contributed by atoms with Crippen LogP contribution in [-0.2, 0) is 6.42 Å². The molecule has 0 radical (unpaired) electrons. The molecule has 0 saturated carbocycles. The molecule has 0 fully saturated rings. The maximum absolute atomic E-state index is 5.75. The predicted molar refractivity (Wildman–Crippen MR) is 90.6 cm³/mol. The number of hydrogen-bond acceptors (Lipinski definition) is 4. The van der Waals surface area contributed by atoms with Crippen LogP contribution in [0.3, 0.4) is 0 Å². The highest BCUT2D eigenvalue weighted by Crippen LogP contribution is 2.32. The Morgan fingerprint density at radius 3 is 2.95 bits per heavy atom. The van der Waals surface area contributed by atoms with E-state index in [2.05, 4.69) is 45.6 Å². The number of benzene rings is 2. The highest BCUT2D eigenvalue weighted by molar-refractivity contribution is 9.10. The van der Waals surface area contributed by atoms with Crippen LogP contribution >= 0.6 is 27.7 Å². The minimum atomic E-state index is 0.119. The van der Waals surface area contributed by atoms with Crippen molar-refractivity contribution in [3.8, 4) is 5.75 Å². The molecule has 1 unspecified atom stereocenters. The van der Waals surface area contributed by atoms with Gasteiger partial charge in [0.25, 0.3) is 0 Å². The summed E-state index contributed by atoms with van der Waals surface area (Å²) in [5, 5.41) is 0. The molecule has 3 N–H and O–H groups in total. The molecule has 0 bridgehead atoms. The third-order valence-electron chi connectivity index (χ3n) is 3.56. The van der Waals surface area contributed by atoms with Gasteiger partial charge < -0.3 is 4.74 Å². The summed E-state index contributed by atoms with van der Waals surface area (Å²) >= 11 is 5.36. The lowest BCUT2D eigenvalue weighted by atomic mass is 10.0. The molecular weight excluding hydrogens is 348 g/mol. The number of halogens is 1. The van der Waals surface area contributed by atoms with Gasteiger partial charge in [-0.2, -0.15) is 0 Å². The largest absolute Gasteiger partial charge is 0.493 e. The highest BCUT2D eigenvalue weighted by Gasteiger charge is 2.16. The van der Waals surface area contributed by atoms with Crippen molar-refractivity contribution < 1.29 is 4.74 Å². The highest BCUT2D eigenvalue weighted by atomic mass is 79.9. The van der Waals surface area contributed by atoms with Crippen LogP contribution in [0.1, 0.15) is 17.2 Å². The fourth-order valence-corrected chi connectivity index (χ4v) is 4.04. The minimum absolute atomic E-state index is 0.119. The summed E-state index contributed by atoms with van der Waals surface area (Å²) in [6, 6.07) is 14.7. The van der Waals surface area contributed by atoms with Crippen LogP contribution in [0.15, 0.2) is 51.8 Å². The Balaban J connectivity index is 1.72. The van der Waals surface area contributed by atoms with Crippen molar-refractivity contribution in [1.29, 1.82) is 0 Å². The lowest BCUT2D eigenvalue weighted by Gasteiger charge is -2.17. The van der Waals surface area contributed by atoms with Crippen LogP contribution < -0.4 is 16.0 Å². The van der Waals surface area contributed by atoms with E-state index in [0.29, 0.717) is 0 Å². The van der Waals surface area contributed by atoms with Crippen LogP contribution in [0.25, 0.3) is 0 Å². The molecule has 3 rings (SSSR count). The maximum atomic E-state index is 5.75. The van der Waals surface area contributed by atoms with Gasteiger partial charge in [0.1, 0.15) is 5.75 Å². The molecule has 0 amide bonds. The fourth-order valence-electron chi connectivity index (χ4n) is 2.40. The number of hydrogen-bond donors (Lipinski definition) is 2. The topological polar surface area (TPSA) is 47.3 Å². The molecule has 1 atom stereocenters. The minimum Gasteiger partial charge on any atom is -0.493 e. The van der Waals surface area contributed by atoms with Gasteiger partial charge >= 0.3 is 0 Å². The van der Waals surface area contributed by atoms with Crippen molar-refractivity contribution in [2.75, 3.05) is 12.4 Å². The summed E-state index contributed by atoms with van der Waals surface area (Å²) in [4.78, 5) is 1.22. The van der Waals surface area contributed by atoms with Gasteiger partial charge in [0, 0.05) is 21.5 Å². The zero-order valence-electron chi connectivity index (χ0n) is 11.5. The van der Waals surface area contributed by atoms with Gasteiger partial charge in [-0.25, -0.2) is 0 Å². The number of hydrazine groups is 1. The van der Waals surface area contributed by atoms with E-state index in [-0.39, 0.29) is 6.04 Å². The molecule has 1 heterocycles. The number of thioether (sulfide) groups is 1. The van der Waals surface area contributed by atoms with E-state index in [0.717, 1.165) is 29.0 Å². The molecule has 0 spiro atoms. The molecule has 2 aromatic carbocycles. The van der Waals surface area contributed by atoms with Gasteiger partial charge in [-0.05, 0) is 45.3 Å². The van der Waals surface area contributed by atoms with Crippen molar-refractivity contribution in [3.05, 3.63) is 58.1 Å². The van der Waals surface area contributed by atoms with Crippen molar-refractivity contribution in [2.24, 2.45) is 5.84 Å². The maximum Gasteiger partial charge on any atom is 0.122 e. The van der Waals surface area contributed by atoms with Gasteiger partial charge in [0.05, 0.1) is 12.6 Å². The first kappa shape index (κ1) is 14.9. The molecule has 0 aromatic heterocycles. The Hall–Kier alpha value is -1.01. The average molecular weight is 365 g/mol. The number of rotatable bonds is 5. The van der Waals surface area contributed by atoms with E-state index in [1.54, 1.807) is 11.8 Å². The van der Waals surface area contributed by atoms with Crippen LogP contribution in [-0.4, -0.2) is 12.4 Å². The normalized spacial score (nSPS) is 14.6. The van der Waals surface area contributed by atoms with Crippen molar-refractivity contribution in [1.82, 2.24) is 5.43 Å². The standard InChI is InChI=1S/C16H17BrN2OS/c17-13-3-1-2-4-16(13)21-10-14(19-18)11-5-6-15-12(9-11)7-8-20-15/h1-6,9,14,19H,7-8,10,18H2. The predicted octanol–water partition coefficient (Wildman–Crippen LogP) is 3.68. The summed E-state index contributed by atoms with van der Waals surface area (Å²) in [5.74, 6) is 7.63. The molecule has 5 heteroatoms. The van der Waals surface area contributed by atoms with Crippen LogP contribution in [0.5, 0.6) is 5.75 Å². The second-order valence-electron chi connectivity index (χ2n) is 4.93. The van der Waals surface area contributed by atoms with E-state index in [1.807, 2.05) is 18.2 Å². The van der Waals surface area contributed by atoms with E-state index >= 15 is 0 Å². The lowest BCUT2D eigenvalue weighted by Crippen LogP contribution is -2.29.